The van der Waals surface area contributed by atoms with Crippen molar-refractivity contribution in [2.24, 2.45) is 0 Å². The van der Waals surface area contributed by atoms with Gasteiger partial charge in [0.15, 0.2) is 0 Å². The van der Waals surface area contributed by atoms with Gasteiger partial charge in [0.05, 0.1) is 13.2 Å². The quantitative estimate of drug-likeness (QED) is 0.0515. The van der Waals surface area contributed by atoms with Crippen LogP contribution in [0.2, 0.25) is 0 Å². The third-order valence-corrected chi connectivity index (χ3v) is 9.45. The molecule has 0 aromatic rings. The number of aliphatic hydroxyl groups is 1. The third-order valence-electron chi connectivity index (χ3n) is 9.45. The van der Waals surface area contributed by atoms with Gasteiger partial charge in [-0.25, -0.2) is 0 Å². The SMILES string of the molecule is C.CCCCCCCCCOC(=O)CCCCCCCN(CCO)CCCCCCCC(=O)OC(CCCCC)CCCCCCCC. The van der Waals surface area contributed by atoms with Gasteiger partial charge in [0.2, 0.25) is 0 Å². The molecule has 1 unspecified atom stereocenters. The van der Waals surface area contributed by atoms with E-state index >= 15 is 0 Å². The molecular weight excluding hydrogens is 598 g/mol. The Morgan fingerprint density at radius 1 is 0.500 bits per heavy atom. The standard InChI is InChI=1S/C41H81NO5.CH4/c1-4-7-10-12-14-22-29-38-46-40(44)32-25-18-15-20-27-34-42(36-37-43)35-28-21-16-19-26-33-41(45)47-39(30-23-9-6-3)31-24-17-13-11-8-5-2;/h39,43H,4-38H2,1-3H3;1H4. The van der Waals surface area contributed by atoms with E-state index in [4.69, 9.17) is 9.47 Å². The van der Waals surface area contributed by atoms with Gasteiger partial charge in [0.1, 0.15) is 6.10 Å². The highest BCUT2D eigenvalue weighted by Gasteiger charge is 2.14. The average Bonchev–Trinajstić information content (AvgIpc) is 3.06. The number of nitrogens with zero attached hydrogens (tertiary/aromatic N) is 1. The van der Waals surface area contributed by atoms with E-state index in [0.29, 0.717) is 19.4 Å². The van der Waals surface area contributed by atoms with Crippen LogP contribution in [0.4, 0.5) is 0 Å². The fraction of sp³-hybridized carbons (Fsp3) is 0.952. The molecule has 0 aliphatic heterocycles. The van der Waals surface area contributed by atoms with Gasteiger partial charge in [-0.2, -0.15) is 0 Å². The topological polar surface area (TPSA) is 76.1 Å². The van der Waals surface area contributed by atoms with Crippen molar-refractivity contribution >= 4 is 11.9 Å². The first-order valence-corrected chi connectivity index (χ1v) is 20.8. The third kappa shape index (κ3) is 36.1. The van der Waals surface area contributed by atoms with Gasteiger partial charge in [0.25, 0.3) is 0 Å². The normalized spacial score (nSPS) is 11.9. The first-order valence-electron chi connectivity index (χ1n) is 20.8. The van der Waals surface area contributed by atoms with Crippen LogP contribution in [0, 0.1) is 0 Å². The number of aliphatic hydroxyl groups excluding tert-OH is 1. The van der Waals surface area contributed by atoms with E-state index in [1.807, 2.05) is 0 Å². The molecule has 0 aliphatic rings. The molecule has 0 saturated heterocycles. The molecule has 6 nitrogen and oxygen atoms in total. The predicted molar refractivity (Wildman–Crippen MR) is 207 cm³/mol. The highest BCUT2D eigenvalue weighted by molar-refractivity contribution is 5.69. The van der Waals surface area contributed by atoms with Gasteiger partial charge >= 0.3 is 11.9 Å². The molecule has 0 bridgehead atoms. The van der Waals surface area contributed by atoms with Crippen molar-refractivity contribution in [3.63, 3.8) is 0 Å². The Hall–Kier alpha value is -1.14. The highest BCUT2D eigenvalue weighted by atomic mass is 16.5. The van der Waals surface area contributed by atoms with Crippen LogP contribution in [0.25, 0.3) is 0 Å². The van der Waals surface area contributed by atoms with Gasteiger partial charge in [-0.1, -0.05) is 150 Å². The molecule has 0 aliphatic carbocycles. The first kappa shape index (κ1) is 49.0. The molecule has 0 aromatic heterocycles. The van der Waals surface area contributed by atoms with Crippen LogP contribution < -0.4 is 0 Å². The van der Waals surface area contributed by atoms with Crippen molar-refractivity contribution in [3.8, 4) is 0 Å². The van der Waals surface area contributed by atoms with E-state index < -0.39 is 0 Å². The van der Waals surface area contributed by atoms with Crippen molar-refractivity contribution in [2.75, 3.05) is 32.8 Å². The number of hydrogen-bond acceptors (Lipinski definition) is 6. The Bertz CT molecular complexity index is 658. The summed E-state index contributed by atoms with van der Waals surface area (Å²) in [7, 11) is 0. The minimum absolute atomic E-state index is 0. The van der Waals surface area contributed by atoms with E-state index in [-0.39, 0.29) is 32.1 Å². The van der Waals surface area contributed by atoms with Gasteiger partial charge in [-0.05, 0) is 70.9 Å². The Labute approximate surface area is 300 Å². The lowest BCUT2D eigenvalue weighted by Crippen LogP contribution is -2.29. The number of ether oxygens (including phenoxy) is 2. The molecule has 0 aromatic carbocycles. The summed E-state index contributed by atoms with van der Waals surface area (Å²) in [5.74, 6) is -0.0272. The zero-order chi connectivity index (χ0) is 34.5. The summed E-state index contributed by atoms with van der Waals surface area (Å²) >= 11 is 0. The Morgan fingerprint density at radius 3 is 1.42 bits per heavy atom. The second-order valence-electron chi connectivity index (χ2n) is 14.1. The lowest BCUT2D eigenvalue weighted by atomic mass is 10.0. The highest BCUT2D eigenvalue weighted by Crippen LogP contribution is 2.18. The number of hydrogen-bond donors (Lipinski definition) is 1. The van der Waals surface area contributed by atoms with Crippen molar-refractivity contribution in [1.82, 2.24) is 4.90 Å². The lowest BCUT2D eigenvalue weighted by molar-refractivity contribution is -0.150. The summed E-state index contributed by atoms with van der Waals surface area (Å²) in [6.07, 6.45) is 34.2. The molecular formula is C42H85NO5. The maximum absolute atomic E-state index is 12.5. The molecule has 0 radical (unpaired) electrons. The maximum Gasteiger partial charge on any atom is 0.306 e. The molecule has 6 heteroatoms. The lowest BCUT2D eigenvalue weighted by Gasteiger charge is -2.21. The van der Waals surface area contributed by atoms with Crippen LogP contribution in [-0.4, -0.2) is 60.9 Å². The van der Waals surface area contributed by atoms with Crippen molar-refractivity contribution in [3.05, 3.63) is 0 Å². The average molecular weight is 684 g/mol. The number of unbranched alkanes of at least 4 members (excludes halogenated alkanes) is 21. The molecule has 0 heterocycles. The fourth-order valence-corrected chi connectivity index (χ4v) is 6.35. The summed E-state index contributed by atoms with van der Waals surface area (Å²) in [4.78, 5) is 26.9. The molecule has 1 N–H and O–H groups in total. The second-order valence-corrected chi connectivity index (χ2v) is 14.1. The van der Waals surface area contributed by atoms with Crippen molar-refractivity contribution in [1.29, 1.82) is 0 Å². The van der Waals surface area contributed by atoms with Crippen LogP contribution >= 0.6 is 0 Å². The van der Waals surface area contributed by atoms with Crippen LogP contribution in [0.5, 0.6) is 0 Å². The summed E-state index contributed by atoms with van der Waals surface area (Å²) in [5.41, 5.74) is 0. The summed E-state index contributed by atoms with van der Waals surface area (Å²) in [6, 6.07) is 0. The molecule has 0 spiro atoms. The zero-order valence-electron chi connectivity index (χ0n) is 31.9. The van der Waals surface area contributed by atoms with Crippen LogP contribution in [0.1, 0.15) is 221 Å². The van der Waals surface area contributed by atoms with Gasteiger partial charge in [-0.3, -0.25) is 9.59 Å². The Balaban J connectivity index is 0. The van der Waals surface area contributed by atoms with E-state index in [0.717, 1.165) is 96.7 Å². The zero-order valence-corrected chi connectivity index (χ0v) is 31.9. The molecule has 48 heavy (non-hydrogen) atoms. The minimum atomic E-state index is -0.0321. The van der Waals surface area contributed by atoms with Gasteiger partial charge in [-0.15, -0.1) is 0 Å². The van der Waals surface area contributed by atoms with Crippen molar-refractivity contribution in [2.45, 2.75) is 227 Å². The maximum atomic E-state index is 12.5. The molecule has 288 valence electrons. The fourth-order valence-electron chi connectivity index (χ4n) is 6.35. The van der Waals surface area contributed by atoms with Crippen LogP contribution in [0.3, 0.4) is 0 Å². The number of esters is 2. The largest absolute Gasteiger partial charge is 0.466 e. The number of rotatable bonds is 38. The van der Waals surface area contributed by atoms with Crippen molar-refractivity contribution < 1.29 is 24.2 Å². The number of carbonyl (C=O) groups is 2. The van der Waals surface area contributed by atoms with Gasteiger partial charge < -0.3 is 19.5 Å². The summed E-state index contributed by atoms with van der Waals surface area (Å²) < 4.78 is 11.3. The number of carbonyl (C=O) groups excluding carboxylic acids is 2. The van der Waals surface area contributed by atoms with Crippen LogP contribution in [0.15, 0.2) is 0 Å². The minimum Gasteiger partial charge on any atom is -0.466 e. The molecule has 0 rings (SSSR count). The first-order chi connectivity index (χ1) is 23.1. The molecule has 1 atom stereocenters. The van der Waals surface area contributed by atoms with E-state index in [9.17, 15) is 14.7 Å². The Kier molecular flexibility index (Phi) is 41.1. The van der Waals surface area contributed by atoms with Crippen LogP contribution in [-0.2, 0) is 19.1 Å². The summed E-state index contributed by atoms with van der Waals surface area (Å²) in [6.45, 7) is 10.3. The van der Waals surface area contributed by atoms with E-state index in [1.54, 1.807) is 0 Å². The second kappa shape index (κ2) is 40.3. The van der Waals surface area contributed by atoms with E-state index in [2.05, 4.69) is 25.7 Å². The Morgan fingerprint density at radius 2 is 0.896 bits per heavy atom. The summed E-state index contributed by atoms with van der Waals surface area (Å²) in [5, 5.41) is 9.51. The van der Waals surface area contributed by atoms with E-state index in [1.165, 1.54) is 103 Å². The molecule has 0 saturated carbocycles. The molecule has 0 fully saturated rings. The molecule has 0 amide bonds. The smallest absolute Gasteiger partial charge is 0.306 e. The monoisotopic (exact) mass is 684 g/mol. The van der Waals surface area contributed by atoms with Gasteiger partial charge in [0, 0.05) is 19.4 Å². The predicted octanol–water partition coefficient (Wildman–Crippen LogP) is 12.1.